The van der Waals surface area contributed by atoms with Gasteiger partial charge in [0.15, 0.2) is 0 Å². The third-order valence-corrected chi connectivity index (χ3v) is 6.27. The number of nitrogens with one attached hydrogen (secondary N) is 3. The molecule has 0 spiro atoms. The second kappa shape index (κ2) is 8.64. The third kappa shape index (κ3) is 3.55. The van der Waals surface area contributed by atoms with Crippen molar-refractivity contribution in [3.8, 4) is 5.75 Å². The van der Waals surface area contributed by atoms with Gasteiger partial charge in [0, 0.05) is 16.7 Å². The van der Waals surface area contributed by atoms with Crippen LogP contribution in [0.4, 0.5) is 0 Å². The lowest BCUT2D eigenvalue weighted by Gasteiger charge is -2.34. The first kappa shape index (κ1) is 23.8. The van der Waals surface area contributed by atoms with E-state index in [1.807, 2.05) is 19.9 Å². The van der Waals surface area contributed by atoms with Crippen molar-refractivity contribution in [3.63, 3.8) is 0 Å². The molecule has 13 nitrogen and oxygen atoms in total. The number of amides is 1. The zero-order valence-corrected chi connectivity index (χ0v) is 19.6. The molecule has 2 atom stereocenters. The number of hydrogen-bond donors (Lipinski definition) is 5. The molecule has 0 bridgehead atoms. The lowest BCUT2D eigenvalue weighted by molar-refractivity contribution is -0.169. The van der Waals surface area contributed by atoms with E-state index in [1.165, 1.54) is 6.33 Å². The summed E-state index contributed by atoms with van der Waals surface area (Å²) in [5.74, 6) is -3.91. The number of carbonyl (C=O) groups excluding carboxylic acids is 2. The van der Waals surface area contributed by atoms with Crippen LogP contribution in [0.1, 0.15) is 68.1 Å². The number of aliphatic hydroxyl groups is 1. The molecule has 0 fully saturated rings. The van der Waals surface area contributed by atoms with Crippen molar-refractivity contribution in [2.45, 2.75) is 31.1 Å². The van der Waals surface area contributed by atoms with Gasteiger partial charge >= 0.3 is 5.97 Å². The summed E-state index contributed by atoms with van der Waals surface area (Å²) in [6.45, 7) is 4.07. The van der Waals surface area contributed by atoms with Crippen LogP contribution in [0, 0.1) is 0 Å². The summed E-state index contributed by atoms with van der Waals surface area (Å²) in [5.41, 5.74) is 0.172. The van der Waals surface area contributed by atoms with Gasteiger partial charge in [-0.3, -0.25) is 19.8 Å². The number of ether oxygens (including phenoxy) is 1. The van der Waals surface area contributed by atoms with Crippen LogP contribution in [0.15, 0.2) is 55.1 Å². The van der Waals surface area contributed by atoms with Gasteiger partial charge in [-0.05, 0) is 17.5 Å². The molecule has 1 aliphatic heterocycles. The zero-order chi connectivity index (χ0) is 26.4. The molecule has 2 aromatic carbocycles. The molecule has 0 saturated carbocycles. The molecule has 1 amide bonds. The van der Waals surface area contributed by atoms with E-state index in [0.29, 0.717) is 22.4 Å². The van der Waals surface area contributed by atoms with Crippen LogP contribution in [-0.2, 0) is 11.3 Å². The minimum absolute atomic E-state index is 0.0715. The van der Waals surface area contributed by atoms with Gasteiger partial charge in [-0.15, -0.1) is 0 Å². The van der Waals surface area contributed by atoms with Gasteiger partial charge < -0.3 is 20.3 Å². The number of carboxylic acids is 1. The molecule has 2 unspecified atom stereocenters. The Morgan fingerprint density at radius 1 is 1.00 bits per heavy atom. The van der Waals surface area contributed by atoms with Crippen molar-refractivity contribution in [2.75, 3.05) is 0 Å². The van der Waals surface area contributed by atoms with Crippen molar-refractivity contribution < 1.29 is 29.3 Å². The maximum absolute atomic E-state index is 13.6. The first-order valence-corrected chi connectivity index (χ1v) is 11.2. The smallest absolute Gasteiger partial charge is 0.373 e. The van der Waals surface area contributed by atoms with Gasteiger partial charge in [-0.1, -0.05) is 50.2 Å². The Morgan fingerprint density at radius 2 is 1.68 bits per heavy atom. The van der Waals surface area contributed by atoms with Crippen molar-refractivity contribution in [1.29, 1.82) is 0 Å². The van der Waals surface area contributed by atoms with Gasteiger partial charge in [0.25, 0.3) is 11.7 Å². The average Bonchev–Trinajstić information content (AvgIpc) is 3.66. The maximum atomic E-state index is 13.6. The van der Waals surface area contributed by atoms with E-state index >= 15 is 0 Å². The lowest BCUT2D eigenvalue weighted by atomic mass is 9.82. The predicted octanol–water partition coefficient (Wildman–Crippen LogP) is 1.49. The minimum atomic E-state index is -2.08. The molecule has 1 aliphatic carbocycles. The standard InChI is InChI=1S/C21H18N4O4.C3H3N3O2/c1-11(2)12-7-8-15-16(9-12)29-21(28)14-6-4-3-5-13(14)17(26)20(15,21)24-19(27)18-22-10-23-25-18;7-3(8)2-4-1-5-6-2/h3-11,28H,1-2H3,(H,24,27)(H,22,23,25);1H,(H,7,8)(H,4,5,6). The maximum Gasteiger partial charge on any atom is 0.373 e. The number of hydrogen-bond acceptors (Lipinski definition) is 9. The number of nitrogens with zero attached hydrogens (tertiary/aromatic N) is 4. The summed E-state index contributed by atoms with van der Waals surface area (Å²) in [6, 6.07) is 12.1. The molecule has 6 rings (SSSR count). The zero-order valence-electron chi connectivity index (χ0n) is 19.6. The molecule has 2 aromatic heterocycles. The van der Waals surface area contributed by atoms with Crippen LogP contribution in [0.5, 0.6) is 5.75 Å². The molecule has 13 heteroatoms. The molecule has 5 N–H and O–H groups in total. The van der Waals surface area contributed by atoms with Crippen LogP contribution in [0.25, 0.3) is 0 Å². The Morgan fingerprint density at radius 3 is 2.27 bits per heavy atom. The molecular formula is C24H21N7O6. The predicted molar refractivity (Wildman–Crippen MR) is 125 cm³/mol. The minimum Gasteiger partial charge on any atom is -0.475 e. The molecule has 4 aromatic rings. The van der Waals surface area contributed by atoms with Crippen molar-refractivity contribution in [2.24, 2.45) is 0 Å². The van der Waals surface area contributed by atoms with Crippen LogP contribution in [0.3, 0.4) is 0 Å². The monoisotopic (exact) mass is 503 g/mol. The topological polar surface area (TPSA) is 196 Å². The highest BCUT2D eigenvalue weighted by Gasteiger charge is 2.71. The Hall–Kier alpha value is -4.91. The fraction of sp³-hybridized carbons (Fsp3) is 0.208. The molecule has 188 valence electrons. The number of aromatic carboxylic acids is 1. The molecular weight excluding hydrogens is 482 g/mol. The normalized spacial score (nSPS) is 20.8. The number of benzene rings is 2. The number of H-pyrrole nitrogens is 2. The van der Waals surface area contributed by atoms with Gasteiger partial charge in [0.2, 0.25) is 23.0 Å². The molecule has 2 aliphatic rings. The van der Waals surface area contributed by atoms with Gasteiger partial charge in [-0.2, -0.15) is 10.2 Å². The van der Waals surface area contributed by atoms with Gasteiger partial charge in [0.1, 0.15) is 18.4 Å². The van der Waals surface area contributed by atoms with Gasteiger partial charge in [0.05, 0.1) is 0 Å². The molecule has 0 radical (unpaired) electrons. The van der Waals surface area contributed by atoms with E-state index in [-0.39, 0.29) is 17.6 Å². The Kier molecular flexibility index (Phi) is 5.56. The Balaban J connectivity index is 0.000000301. The number of carboxylic acid groups (broad SMARTS) is 1. The highest BCUT2D eigenvalue weighted by atomic mass is 16.6. The summed E-state index contributed by atoms with van der Waals surface area (Å²) in [6.07, 6.45) is 2.33. The van der Waals surface area contributed by atoms with Gasteiger partial charge in [-0.25, -0.2) is 14.8 Å². The average molecular weight is 503 g/mol. The quantitative estimate of drug-likeness (QED) is 0.272. The summed E-state index contributed by atoms with van der Waals surface area (Å²) >= 11 is 0. The summed E-state index contributed by atoms with van der Waals surface area (Å²) in [4.78, 5) is 43.6. The van der Waals surface area contributed by atoms with E-state index in [9.17, 15) is 19.5 Å². The number of fused-ring (bicyclic) bond motifs is 5. The lowest BCUT2D eigenvalue weighted by Crippen LogP contribution is -2.60. The van der Waals surface area contributed by atoms with E-state index in [2.05, 4.69) is 35.7 Å². The second-order valence-electron chi connectivity index (χ2n) is 8.71. The fourth-order valence-corrected chi connectivity index (χ4v) is 4.48. The number of rotatable bonds is 4. The Labute approximate surface area is 208 Å². The largest absolute Gasteiger partial charge is 0.475 e. The Bertz CT molecular complexity index is 1500. The second-order valence-corrected chi connectivity index (χ2v) is 8.71. The SMILES string of the molecule is CC(C)c1ccc2c(c1)OC1(O)c3ccccc3C(=O)C21NC(=O)c1ncn[nH]1.O=C(O)c1ncn[nH]1. The number of aromatic nitrogens is 6. The van der Waals surface area contributed by atoms with E-state index in [4.69, 9.17) is 9.84 Å². The third-order valence-electron chi connectivity index (χ3n) is 6.27. The number of carbonyl (C=O) groups is 3. The number of aromatic amines is 2. The van der Waals surface area contributed by atoms with Crippen LogP contribution in [-0.4, -0.2) is 58.2 Å². The fourth-order valence-electron chi connectivity index (χ4n) is 4.48. The van der Waals surface area contributed by atoms with E-state index in [1.54, 1.807) is 36.4 Å². The molecule has 0 saturated heterocycles. The number of ketones is 1. The van der Waals surface area contributed by atoms with E-state index < -0.39 is 29.0 Å². The summed E-state index contributed by atoms with van der Waals surface area (Å²) < 4.78 is 6.00. The van der Waals surface area contributed by atoms with Crippen molar-refractivity contribution >= 4 is 17.7 Å². The summed E-state index contributed by atoms with van der Waals surface area (Å²) in [7, 11) is 0. The first-order valence-electron chi connectivity index (χ1n) is 11.2. The highest BCUT2D eigenvalue weighted by Crippen LogP contribution is 2.58. The number of Topliss-reactive ketones (excluding diaryl/α,β-unsaturated/α-hetero) is 1. The highest BCUT2D eigenvalue weighted by molar-refractivity contribution is 6.13. The van der Waals surface area contributed by atoms with Crippen molar-refractivity contribution in [3.05, 3.63) is 89.0 Å². The summed E-state index contributed by atoms with van der Waals surface area (Å²) in [5, 5.41) is 34.2. The van der Waals surface area contributed by atoms with E-state index in [0.717, 1.165) is 11.9 Å². The first-order chi connectivity index (χ1) is 17.7. The van der Waals surface area contributed by atoms with Crippen LogP contribution >= 0.6 is 0 Å². The van der Waals surface area contributed by atoms with Crippen LogP contribution in [0.2, 0.25) is 0 Å². The molecule has 37 heavy (non-hydrogen) atoms. The molecule has 3 heterocycles. The van der Waals surface area contributed by atoms with Crippen LogP contribution < -0.4 is 10.1 Å². The van der Waals surface area contributed by atoms with Crippen molar-refractivity contribution in [1.82, 2.24) is 35.7 Å².